The van der Waals surface area contributed by atoms with Crippen LogP contribution in [0.5, 0.6) is 0 Å². The first-order valence-electron chi connectivity index (χ1n) is 10.7. The van der Waals surface area contributed by atoms with Crippen molar-refractivity contribution in [2.75, 3.05) is 13.7 Å². The van der Waals surface area contributed by atoms with Crippen LogP contribution in [0.1, 0.15) is 71.6 Å². The number of ether oxygens (including phenoxy) is 1. The van der Waals surface area contributed by atoms with Crippen molar-refractivity contribution in [2.24, 2.45) is 46.8 Å². The molecule has 1 N–H and O–H groups in total. The second-order valence-corrected chi connectivity index (χ2v) is 10.0. The van der Waals surface area contributed by atoms with E-state index < -0.39 is 0 Å². The summed E-state index contributed by atoms with van der Waals surface area (Å²) in [4.78, 5) is 0. The molecule has 9 atom stereocenters. The third kappa shape index (κ3) is 2.67. The maximum Gasteiger partial charge on any atom is 0.0545 e. The summed E-state index contributed by atoms with van der Waals surface area (Å²) < 4.78 is 5.45. The first-order chi connectivity index (χ1) is 11.5. The molecule has 4 aliphatic rings. The Labute approximate surface area is 148 Å². The molecule has 0 aromatic rings. The SMILES string of the molecule is COC[C@H]1CC[C@H]2[C@@H](CC[C@@H]3[C@@H]2CC[C@]2(C)[C@@H](C(C)O)CC[C@@H]32)C1. The lowest BCUT2D eigenvalue weighted by Crippen LogP contribution is -2.49. The number of aliphatic hydroxyl groups excluding tert-OH is 1. The molecule has 4 fully saturated rings. The molecule has 2 heteroatoms. The summed E-state index contributed by atoms with van der Waals surface area (Å²) in [5.41, 5.74) is 0.426. The summed E-state index contributed by atoms with van der Waals surface area (Å²) in [6.07, 6.45) is 12.6. The number of fused-ring (bicyclic) bond motifs is 5. The normalized spacial score (nSPS) is 52.2. The van der Waals surface area contributed by atoms with Crippen LogP contribution in [0.3, 0.4) is 0 Å². The van der Waals surface area contributed by atoms with Gasteiger partial charge in [-0.25, -0.2) is 0 Å². The molecule has 0 spiro atoms. The van der Waals surface area contributed by atoms with Gasteiger partial charge in [-0.05, 0) is 112 Å². The van der Waals surface area contributed by atoms with E-state index in [0.29, 0.717) is 11.3 Å². The molecule has 4 aliphatic carbocycles. The van der Waals surface area contributed by atoms with Gasteiger partial charge in [-0.3, -0.25) is 0 Å². The van der Waals surface area contributed by atoms with Crippen LogP contribution in [0, 0.1) is 46.8 Å². The summed E-state index contributed by atoms with van der Waals surface area (Å²) in [6.45, 7) is 5.55. The van der Waals surface area contributed by atoms with Crippen molar-refractivity contribution in [1.82, 2.24) is 0 Å². The highest BCUT2D eigenvalue weighted by Gasteiger charge is 2.57. The second kappa shape index (κ2) is 6.58. The van der Waals surface area contributed by atoms with Gasteiger partial charge in [0.25, 0.3) is 0 Å². The molecule has 1 unspecified atom stereocenters. The maximum atomic E-state index is 10.3. The lowest BCUT2D eigenvalue weighted by molar-refractivity contribution is -0.0846. The van der Waals surface area contributed by atoms with E-state index >= 15 is 0 Å². The molecule has 0 amide bonds. The molecular formula is C22H38O2. The molecular weight excluding hydrogens is 296 g/mol. The standard InChI is InChI=1S/C22H38O2/c1-14(23)20-8-9-21-19-7-5-16-12-15(13-24-3)4-6-17(16)18(19)10-11-22(20,21)2/h14-21,23H,4-13H2,1-3H3/t14?,15-,16-,17-,18+,19+,20+,21-,22+/m0/s1. The summed E-state index contributed by atoms with van der Waals surface area (Å²) in [5, 5.41) is 10.3. The summed E-state index contributed by atoms with van der Waals surface area (Å²) >= 11 is 0. The first kappa shape index (κ1) is 17.3. The molecule has 0 aliphatic heterocycles. The van der Waals surface area contributed by atoms with E-state index in [1.165, 1.54) is 57.8 Å². The van der Waals surface area contributed by atoms with E-state index in [0.717, 1.165) is 42.1 Å². The quantitative estimate of drug-likeness (QED) is 0.795. The zero-order chi connectivity index (χ0) is 16.9. The average molecular weight is 335 g/mol. The van der Waals surface area contributed by atoms with E-state index in [9.17, 15) is 5.11 Å². The number of aliphatic hydroxyl groups is 1. The Hall–Kier alpha value is -0.0800. The second-order valence-electron chi connectivity index (χ2n) is 10.0. The average Bonchev–Trinajstić information content (AvgIpc) is 2.92. The molecule has 0 radical (unpaired) electrons. The van der Waals surface area contributed by atoms with Gasteiger partial charge in [0.05, 0.1) is 6.10 Å². The maximum absolute atomic E-state index is 10.3. The summed E-state index contributed by atoms with van der Waals surface area (Å²) in [5.74, 6) is 6.23. The fourth-order valence-corrected chi connectivity index (χ4v) is 8.17. The van der Waals surface area contributed by atoms with Gasteiger partial charge in [0.2, 0.25) is 0 Å². The van der Waals surface area contributed by atoms with Crippen molar-refractivity contribution in [2.45, 2.75) is 77.7 Å². The number of methoxy groups -OCH3 is 1. The van der Waals surface area contributed by atoms with Crippen molar-refractivity contribution >= 4 is 0 Å². The van der Waals surface area contributed by atoms with Crippen LogP contribution < -0.4 is 0 Å². The van der Waals surface area contributed by atoms with Crippen molar-refractivity contribution in [1.29, 1.82) is 0 Å². The van der Waals surface area contributed by atoms with Gasteiger partial charge in [0, 0.05) is 13.7 Å². The lowest BCUT2D eigenvalue weighted by atomic mass is 9.49. The molecule has 2 nitrogen and oxygen atoms in total. The minimum absolute atomic E-state index is 0.114. The topological polar surface area (TPSA) is 29.5 Å². The minimum atomic E-state index is -0.114. The van der Waals surface area contributed by atoms with Gasteiger partial charge < -0.3 is 9.84 Å². The summed E-state index contributed by atoms with van der Waals surface area (Å²) in [7, 11) is 1.86. The Morgan fingerprint density at radius 3 is 2.54 bits per heavy atom. The highest BCUT2D eigenvalue weighted by atomic mass is 16.5. The predicted molar refractivity (Wildman–Crippen MR) is 97.6 cm³/mol. The fraction of sp³-hybridized carbons (Fsp3) is 1.00. The van der Waals surface area contributed by atoms with Crippen molar-refractivity contribution < 1.29 is 9.84 Å². The van der Waals surface area contributed by atoms with E-state index in [2.05, 4.69) is 6.92 Å². The molecule has 24 heavy (non-hydrogen) atoms. The van der Waals surface area contributed by atoms with Gasteiger partial charge >= 0.3 is 0 Å². The molecule has 4 saturated carbocycles. The monoisotopic (exact) mass is 334 g/mol. The van der Waals surface area contributed by atoms with Crippen LogP contribution in [0.2, 0.25) is 0 Å². The van der Waals surface area contributed by atoms with E-state index in [1.54, 1.807) is 0 Å². The third-order valence-electron chi connectivity index (χ3n) is 9.12. The molecule has 0 saturated heterocycles. The Morgan fingerprint density at radius 1 is 1.00 bits per heavy atom. The molecule has 0 heterocycles. The van der Waals surface area contributed by atoms with E-state index in [1.807, 2.05) is 14.0 Å². The van der Waals surface area contributed by atoms with Crippen LogP contribution in [0.25, 0.3) is 0 Å². The molecule has 0 aromatic carbocycles. The van der Waals surface area contributed by atoms with Crippen LogP contribution in [-0.2, 0) is 4.74 Å². The van der Waals surface area contributed by atoms with Crippen LogP contribution >= 0.6 is 0 Å². The van der Waals surface area contributed by atoms with Crippen LogP contribution in [0.4, 0.5) is 0 Å². The van der Waals surface area contributed by atoms with Crippen molar-refractivity contribution in [3.63, 3.8) is 0 Å². The van der Waals surface area contributed by atoms with Crippen LogP contribution in [-0.4, -0.2) is 24.9 Å². The Kier molecular flexibility index (Phi) is 4.75. The molecule has 138 valence electrons. The Morgan fingerprint density at radius 2 is 1.79 bits per heavy atom. The van der Waals surface area contributed by atoms with Gasteiger partial charge in [-0.15, -0.1) is 0 Å². The Bertz CT molecular complexity index is 447. The zero-order valence-corrected chi connectivity index (χ0v) is 16.0. The lowest BCUT2D eigenvalue weighted by Gasteiger charge is -2.56. The van der Waals surface area contributed by atoms with E-state index in [4.69, 9.17) is 4.74 Å². The van der Waals surface area contributed by atoms with Gasteiger partial charge in [0.1, 0.15) is 0 Å². The highest BCUT2D eigenvalue weighted by molar-refractivity contribution is 5.06. The first-order valence-corrected chi connectivity index (χ1v) is 10.7. The van der Waals surface area contributed by atoms with Gasteiger partial charge in [-0.2, -0.15) is 0 Å². The fourth-order valence-electron chi connectivity index (χ4n) is 8.17. The number of hydrogen-bond donors (Lipinski definition) is 1. The highest BCUT2D eigenvalue weighted by Crippen LogP contribution is 2.64. The number of hydrogen-bond acceptors (Lipinski definition) is 2. The van der Waals surface area contributed by atoms with Crippen molar-refractivity contribution in [3.05, 3.63) is 0 Å². The summed E-state index contributed by atoms with van der Waals surface area (Å²) in [6, 6.07) is 0. The third-order valence-corrected chi connectivity index (χ3v) is 9.12. The minimum Gasteiger partial charge on any atom is -0.393 e. The molecule has 0 bridgehead atoms. The van der Waals surface area contributed by atoms with Gasteiger partial charge in [0.15, 0.2) is 0 Å². The van der Waals surface area contributed by atoms with Crippen LogP contribution in [0.15, 0.2) is 0 Å². The molecule has 0 aromatic heterocycles. The number of rotatable bonds is 3. The van der Waals surface area contributed by atoms with E-state index in [-0.39, 0.29) is 6.10 Å². The van der Waals surface area contributed by atoms with Gasteiger partial charge in [-0.1, -0.05) is 6.92 Å². The smallest absolute Gasteiger partial charge is 0.0545 e. The largest absolute Gasteiger partial charge is 0.393 e. The predicted octanol–water partition coefficient (Wildman–Crippen LogP) is 4.90. The zero-order valence-electron chi connectivity index (χ0n) is 16.0. The molecule has 4 rings (SSSR count). The van der Waals surface area contributed by atoms with Crippen molar-refractivity contribution in [3.8, 4) is 0 Å². The Balaban J connectivity index is 1.48.